The summed E-state index contributed by atoms with van der Waals surface area (Å²) < 4.78 is 9.73. The summed E-state index contributed by atoms with van der Waals surface area (Å²) in [7, 11) is 1.38. The van der Waals surface area contributed by atoms with Gasteiger partial charge in [0.25, 0.3) is 0 Å². The first kappa shape index (κ1) is 15.3. The van der Waals surface area contributed by atoms with Gasteiger partial charge in [-0.2, -0.15) is 0 Å². The second-order valence-electron chi connectivity index (χ2n) is 5.30. The lowest BCUT2D eigenvalue weighted by Gasteiger charge is -2.23. The van der Waals surface area contributed by atoms with Crippen LogP contribution in [0.25, 0.3) is 0 Å². The molecule has 1 aromatic heterocycles. The van der Waals surface area contributed by atoms with Crippen molar-refractivity contribution in [3.63, 3.8) is 0 Å². The molecular weight excluding hydrogens is 274 g/mol. The number of nitrogens with one attached hydrogen (secondary N) is 2. The number of aryl methyl sites for hydroxylation is 1. The van der Waals surface area contributed by atoms with E-state index >= 15 is 0 Å². The SMILES string of the molecule is COC(=O)[C@@H]1CCCCC[C@H]1NC(=O)Nc1cc(C)on1. The normalized spacial score (nSPS) is 22.2. The Labute approximate surface area is 123 Å². The van der Waals surface area contributed by atoms with Crippen LogP contribution in [0, 0.1) is 12.8 Å². The van der Waals surface area contributed by atoms with Crippen molar-refractivity contribution >= 4 is 17.8 Å². The van der Waals surface area contributed by atoms with Crippen LogP contribution in [0.15, 0.2) is 10.6 Å². The van der Waals surface area contributed by atoms with Gasteiger partial charge in [-0.05, 0) is 19.8 Å². The fraction of sp³-hybridized carbons (Fsp3) is 0.643. The summed E-state index contributed by atoms with van der Waals surface area (Å²) in [5.41, 5.74) is 0. The highest BCUT2D eigenvalue weighted by Crippen LogP contribution is 2.24. The lowest BCUT2D eigenvalue weighted by Crippen LogP contribution is -2.45. The number of hydrogen-bond donors (Lipinski definition) is 2. The topological polar surface area (TPSA) is 93.5 Å². The van der Waals surface area contributed by atoms with Gasteiger partial charge in [-0.25, -0.2) is 4.79 Å². The van der Waals surface area contributed by atoms with Gasteiger partial charge < -0.3 is 14.6 Å². The summed E-state index contributed by atoms with van der Waals surface area (Å²) in [6.45, 7) is 1.74. The average Bonchev–Trinajstić information content (AvgIpc) is 2.72. The Morgan fingerprint density at radius 3 is 2.76 bits per heavy atom. The maximum absolute atomic E-state index is 12.0. The summed E-state index contributed by atoms with van der Waals surface area (Å²) in [6.07, 6.45) is 4.53. The number of methoxy groups -OCH3 is 1. The minimum Gasteiger partial charge on any atom is -0.469 e. The number of esters is 1. The van der Waals surface area contributed by atoms with Gasteiger partial charge in [0.1, 0.15) is 5.76 Å². The molecule has 1 aliphatic carbocycles. The lowest BCUT2D eigenvalue weighted by molar-refractivity contribution is -0.146. The molecule has 0 radical (unpaired) electrons. The Morgan fingerprint density at radius 2 is 2.10 bits per heavy atom. The lowest BCUT2D eigenvalue weighted by atomic mass is 9.95. The number of hydrogen-bond acceptors (Lipinski definition) is 5. The summed E-state index contributed by atoms with van der Waals surface area (Å²) in [4.78, 5) is 23.9. The van der Waals surface area contributed by atoms with Crippen LogP contribution < -0.4 is 10.6 Å². The maximum Gasteiger partial charge on any atom is 0.320 e. The number of carbonyl (C=O) groups is 2. The van der Waals surface area contributed by atoms with Crippen molar-refractivity contribution in [3.05, 3.63) is 11.8 Å². The van der Waals surface area contributed by atoms with Crippen molar-refractivity contribution in [2.75, 3.05) is 12.4 Å². The molecule has 0 bridgehead atoms. The third-order valence-electron chi connectivity index (χ3n) is 3.71. The summed E-state index contributed by atoms with van der Waals surface area (Å²) in [5, 5.41) is 9.15. The third kappa shape index (κ3) is 4.21. The zero-order valence-electron chi connectivity index (χ0n) is 12.3. The zero-order chi connectivity index (χ0) is 15.2. The molecule has 7 heteroatoms. The van der Waals surface area contributed by atoms with E-state index in [0.717, 1.165) is 32.1 Å². The van der Waals surface area contributed by atoms with Crippen LogP contribution in [0.4, 0.5) is 10.6 Å². The highest BCUT2D eigenvalue weighted by atomic mass is 16.5. The highest BCUT2D eigenvalue weighted by Gasteiger charge is 2.31. The van der Waals surface area contributed by atoms with Gasteiger partial charge in [0.2, 0.25) is 0 Å². The van der Waals surface area contributed by atoms with E-state index in [1.165, 1.54) is 7.11 Å². The van der Waals surface area contributed by atoms with E-state index in [-0.39, 0.29) is 24.0 Å². The standard InChI is InChI=1S/C14H21N3O4/c1-9-8-12(17-21-9)16-14(19)15-11-7-5-3-4-6-10(11)13(18)20-2/h8,10-11H,3-7H2,1-2H3,(H2,15,16,17,19)/t10-,11-/m1/s1. The molecule has 1 aromatic rings. The Hall–Kier alpha value is -2.05. The van der Waals surface area contributed by atoms with Crippen LogP contribution in [0.3, 0.4) is 0 Å². The number of urea groups is 1. The molecule has 0 saturated heterocycles. The fourth-order valence-corrected chi connectivity index (χ4v) is 2.66. The van der Waals surface area contributed by atoms with Gasteiger partial charge >= 0.3 is 12.0 Å². The Kier molecular flexibility index (Phi) is 5.19. The smallest absolute Gasteiger partial charge is 0.320 e. The van der Waals surface area contributed by atoms with Crippen molar-refractivity contribution in [3.8, 4) is 0 Å². The molecule has 2 atom stereocenters. The van der Waals surface area contributed by atoms with Crippen LogP contribution in [0.1, 0.15) is 37.9 Å². The highest BCUT2D eigenvalue weighted by molar-refractivity contribution is 5.88. The van der Waals surface area contributed by atoms with Crippen LogP contribution in [0.5, 0.6) is 0 Å². The van der Waals surface area contributed by atoms with Crippen LogP contribution in [-0.4, -0.2) is 30.3 Å². The molecule has 0 spiro atoms. The minimum absolute atomic E-state index is 0.215. The van der Waals surface area contributed by atoms with Crippen molar-refractivity contribution in [1.82, 2.24) is 10.5 Å². The molecule has 0 aliphatic heterocycles. The van der Waals surface area contributed by atoms with E-state index in [0.29, 0.717) is 11.6 Å². The number of carbonyl (C=O) groups excluding carboxylic acids is 2. The van der Waals surface area contributed by atoms with Gasteiger partial charge in [-0.1, -0.05) is 24.4 Å². The number of aromatic nitrogens is 1. The zero-order valence-corrected chi connectivity index (χ0v) is 12.3. The van der Waals surface area contributed by atoms with E-state index < -0.39 is 0 Å². The van der Waals surface area contributed by atoms with Crippen molar-refractivity contribution in [1.29, 1.82) is 0 Å². The van der Waals surface area contributed by atoms with Crippen molar-refractivity contribution in [2.24, 2.45) is 5.92 Å². The van der Waals surface area contributed by atoms with Crippen LogP contribution in [0.2, 0.25) is 0 Å². The van der Waals surface area contributed by atoms with Gasteiger partial charge in [0.05, 0.1) is 13.0 Å². The van der Waals surface area contributed by atoms with Crippen molar-refractivity contribution < 1.29 is 18.8 Å². The van der Waals surface area contributed by atoms with Crippen LogP contribution in [-0.2, 0) is 9.53 Å². The van der Waals surface area contributed by atoms with E-state index in [4.69, 9.17) is 9.26 Å². The van der Waals surface area contributed by atoms with Gasteiger partial charge in [0.15, 0.2) is 5.82 Å². The Balaban J connectivity index is 1.96. The monoisotopic (exact) mass is 295 g/mol. The molecule has 7 nitrogen and oxygen atoms in total. The fourth-order valence-electron chi connectivity index (χ4n) is 2.66. The first-order valence-corrected chi connectivity index (χ1v) is 7.19. The Bertz CT molecular complexity index is 500. The van der Waals surface area contributed by atoms with E-state index in [9.17, 15) is 9.59 Å². The molecule has 0 aromatic carbocycles. The predicted octanol–water partition coefficient (Wildman–Crippen LogP) is 2.23. The number of amides is 2. The first-order chi connectivity index (χ1) is 10.1. The van der Waals surface area contributed by atoms with Crippen molar-refractivity contribution in [2.45, 2.75) is 45.1 Å². The molecule has 2 amide bonds. The molecule has 1 aliphatic rings. The average molecular weight is 295 g/mol. The molecule has 2 rings (SSSR count). The molecular formula is C14H21N3O4. The number of ether oxygens (including phenoxy) is 1. The molecule has 116 valence electrons. The Morgan fingerprint density at radius 1 is 1.33 bits per heavy atom. The molecule has 0 unspecified atom stereocenters. The molecule has 21 heavy (non-hydrogen) atoms. The second-order valence-corrected chi connectivity index (χ2v) is 5.30. The largest absolute Gasteiger partial charge is 0.469 e. The van der Waals surface area contributed by atoms with Gasteiger partial charge in [0, 0.05) is 12.1 Å². The second kappa shape index (κ2) is 7.10. The van der Waals surface area contributed by atoms with E-state index in [1.807, 2.05) is 0 Å². The quantitative estimate of drug-likeness (QED) is 0.659. The van der Waals surface area contributed by atoms with Gasteiger partial charge in [-0.15, -0.1) is 0 Å². The number of anilines is 1. The van der Waals surface area contributed by atoms with Gasteiger partial charge in [-0.3, -0.25) is 10.1 Å². The molecule has 1 heterocycles. The number of nitrogens with zero attached hydrogens (tertiary/aromatic N) is 1. The predicted molar refractivity (Wildman–Crippen MR) is 75.8 cm³/mol. The third-order valence-corrected chi connectivity index (χ3v) is 3.71. The summed E-state index contributed by atoms with van der Waals surface area (Å²) in [6, 6.07) is 1.03. The first-order valence-electron chi connectivity index (χ1n) is 7.19. The number of rotatable bonds is 3. The van der Waals surface area contributed by atoms with E-state index in [1.54, 1.807) is 13.0 Å². The summed E-state index contributed by atoms with van der Waals surface area (Å²) >= 11 is 0. The molecule has 1 saturated carbocycles. The van der Waals surface area contributed by atoms with Crippen LogP contribution >= 0.6 is 0 Å². The molecule has 1 fully saturated rings. The minimum atomic E-state index is -0.385. The molecule has 2 N–H and O–H groups in total. The maximum atomic E-state index is 12.0. The van der Waals surface area contributed by atoms with E-state index in [2.05, 4.69) is 15.8 Å². The summed E-state index contributed by atoms with van der Waals surface area (Å²) in [5.74, 6) is 0.419.